The number of nitrogens with one attached hydrogen (secondary N) is 1. The zero-order valence-corrected chi connectivity index (χ0v) is 13.2. The summed E-state index contributed by atoms with van der Waals surface area (Å²) in [7, 11) is 0. The third-order valence-electron chi connectivity index (χ3n) is 3.93. The number of benzene rings is 1. The number of rotatable bonds is 5. The summed E-state index contributed by atoms with van der Waals surface area (Å²) in [5.41, 5.74) is 3.96. The lowest BCUT2D eigenvalue weighted by atomic mass is 10.0. The van der Waals surface area contributed by atoms with Gasteiger partial charge in [0.15, 0.2) is 0 Å². The van der Waals surface area contributed by atoms with Gasteiger partial charge in [0.2, 0.25) is 0 Å². The van der Waals surface area contributed by atoms with Crippen LogP contribution in [0.15, 0.2) is 34.7 Å². The summed E-state index contributed by atoms with van der Waals surface area (Å²) in [6.07, 6.45) is 1.09. The maximum atomic E-state index is 5.61. The summed E-state index contributed by atoms with van der Waals surface area (Å²) in [5, 5.41) is 3.64. The Hall–Kier alpha value is -1.54. The van der Waals surface area contributed by atoms with Crippen molar-refractivity contribution in [2.45, 2.75) is 53.1 Å². The molecule has 0 saturated carbocycles. The Morgan fingerprint density at radius 1 is 1.05 bits per heavy atom. The van der Waals surface area contributed by atoms with Crippen LogP contribution in [-0.2, 0) is 6.42 Å². The van der Waals surface area contributed by atoms with E-state index in [2.05, 4.69) is 56.4 Å². The van der Waals surface area contributed by atoms with Crippen LogP contribution < -0.4 is 5.32 Å². The van der Waals surface area contributed by atoms with Crippen LogP contribution in [0.5, 0.6) is 0 Å². The fourth-order valence-corrected chi connectivity index (χ4v) is 2.68. The molecule has 0 aliphatic rings. The highest BCUT2D eigenvalue weighted by Crippen LogP contribution is 2.24. The van der Waals surface area contributed by atoms with E-state index in [-0.39, 0.29) is 6.04 Å². The minimum Gasteiger partial charge on any atom is -0.466 e. The molecule has 2 rings (SSSR count). The first-order valence-corrected chi connectivity index (χ1v) is 7.43. The highest BCUT2D eigenvalue weighted by molar-refractivity contribution is 5.27. The molecule has 2 atom stereocenters. The highest BCUT2D eigenvalue weighted by Gasteiger charge is 2.15. The molecule has 0 amide bonds. The Kier molecular flexibility index (Phi) is 4.66. The van der Waals surface area contributed by atoms with Gasteiger partial charge in [-0.05, 0) is 51.3 Å². The smallest absolute Gasteiger partial charge is 0.105 e. The topological polar surface area (TPSA) is 25.2 Å². The van der Waals surface area contributed by atoms with E-state index in [0.29, 0.717) is 6.04 Å². The molecule has 0 aliphatic heterocycles. The molecule has 0 fully saturated rings. The molecule has 2 aromatic rings. The van der Waals surface area contributed by atoms with E-state index in [4.69, 9.17) is 4.42 Å². The van der Waals surface area contributed by atoms with E-state index < -0.39 is 0 Å². The van der Waals surface area contributed by atoms with Crippen LogP contribution in [0.2, 0.25) is 0 Å². The van der Waals surface area contributed by atoms with Crippen molar-refractivity contribution < 1.29 is 4.42 Å². The van der Waals surface area contributed by atoms with Gasteiger partial charge in [0.25, 0.3) is 0 Å². The first kappa shape index (κ1) is 14.9. The third-order valence-corrected chi connectivity index (χ3v) is 3.93. The SMILES string of the molecule is CCc1ccc(C(C)NC(C)c2cc(C)oc2C)cc1. The first-order valence-electron chi connectivity index (χ1n) is 7.43. The van der Waals surface area contributed by atoms with Crippen molar-refractivity contribution in [1.82, 2.24) is 5.32 Å². The van der Waals surface area contributed by atoms with E-state index in [1.165, 1.54) is 16.7 Å². The van der Waals surface area contributed by atoms with Crippen LogP contribution in [0, 0.1) is 13.8 Å². The van der Waals surface area contributed by atoms with Crippen molar-refractivity contribution in [2.75, 3.05) is 0 Å². The standard InChI is InChI=1S/C18H25NO/c1-6-16-7-9-17(10-8-16)13(3)19-14(4)18-11-12(2)20-15(18)5/h7-11,13-14,19H,6H2,1-5H3. The zero-order valence-electron chi connectivity index (χ0n) is 13.2. The summed E-state index contributed by atoms with van der Waals surface area (Å²) in [5.74, 6) is 1.99. The van der Waals surface area contributed by atoms with Gasteiger partial charge in [0.1, 0.15) is 11.5 Å². The second kappa shape index (κ2) is 6.27. The lowest BCUT2D eigenvalue weighted by molar-refractivity contribution is 0.469. The second-order valence-electron chi connectivity index (χ2n) is 5.57. The number of hydrogen-bond acceptors (Lipinski definition) is 2. The van der Waals surface area contributed by atoms with Gasteiger partial charge in [-0.25, -0.2) is 0 Å². The van der Waals surface area contributed by atoms with Crippen LogP contribution in [-0.4, -0.2) is 0 Å². The van der Waals surface area contributed by atoms with Crippen molar-refractivity contribution in [2.24, 2.45) is 0 Å². The van der Waals surface area contributed by atoms with Gasteiger partial charge in [-0.15, -0.1) is 0 Å². The minimum absolute atomic E-state index is 0.285. The predicted octanol–water partition coefficient (Wildman–Crippen LogP) is 4.87. The van der Waals surface area contributed by atoms with Crippen molar-refractivity contribution in [3.05, 3.63) is 58.5 Å². The fourth-order valence-electron chi connectivity index (χ4n) is 2.68. The van der Waals surface area contributed by atoms with Crippen LogP contribution in [0.3, 0.4) is 0 Å². The molecule has 0 spiro atoms. The van der Waals surface area contributed by atoms with Gasteiger partial charge in [0.05, 0.1) is 0 Å². The van der Waals surface area contributed by atoms with E-state index in [9.17, 15) is 0 Å². The zero-order chi connectivity index (χ0) is 14.7. The minimum atomic E-state index is 0.285. The molecule has 0 radical (unpaired) electrons. The predicted molar refractivity (Wildman–Crippen MR) is 84.0 cm³/mol. The number of aryl methyl sites for hydroxylation is 3. The van der Waals surface area contributed by atoms with E-state index in [0.717, 1.165) is 17.9 Å². The largest absolute Gasteiger partial charge is 0.466 e. The monoisotopic (exact) mass is 271 g/mol. The normalized spacial score (nSPS) is 14.2. The summed E-state index contributed by atoms with van der Waals surface area (Å²) >= 11 is 0. The molecule has 1 aromatic heterocycles. The highest BCUT2D eigenvalue weighted by atomic mass is 16.3. The maximum Gasteiger partial charge on any atom is 0.105 e. The van der Waals surface area contributed by atoms with Gasteiger partial charge in [-0.2, -0.15) is 0 Å². The van der Waals surface area contributed by atoms with Gasteiger partial charge >= 0.3 is 0 Å². The Labute approximate surface area is 122 Å². The molecule has 0 bridgehead atoms. The van der Waals surface area contributed by atoms with Crippen LogP contribution in [0.4, 0.5) is 0 Å². The Balaban J connectivity index is 2.06. The van der Waals surface area contributed by atoms with Crippen molar-refractivity contribution in [1.29, 1.82) is 0 Å². The average molecular weight is 271 g/mol. The molecular weight excluding hydrogens is 246 g/mol. The number of furan rings is 1. The molecule has 1 aromatic carbocycles. The van der Waals surface area contributed by atoms with Crippen LogP contribution in [0.1, 0.15) is 61.1 Å². The average Bonchev–Trinajstić information content (AvgIpc) is 2.78. The number of hydrogen-bond donors (Lipinski definition) is 1. The quantitative estimate of drug-likeness (QED) is 0.839. The van der Waals surface area contributed by atoms with E-state index in [1.807, 2.05) is 13.8 Å². The van der Waals surface area contributed by atoms with Crippen LogP contribution >= 0.6 is 0 Å². The lowest BCUT2D eigenvalue weighted by Crippen LogP contribution is -2.22. The van der Waals surface area contributed by atoms with E-state index >= 15 is 0 Å². The Morgan fingerprint density at radius 3 is 2.20 bits per heavy atom. The maximum absolute atomic E-state index is 5.61. The van der Waals surface area contributed by atoms with Gasteiger partial charge in [-0.1, -0.05) is 31.2 Å². The first-order chi connectivity index (χ1) is 9.51. The Morgan fingerprint density at radius 2 is 1.70 bits per heavy atom. The summed E-state index contributed by atoms with van der Waals surface area (Å²) in [4.78, 5) is 0. The van der Waals surface area contributed by atoms with Gasteiger partial charge in [0, 0.05) is 17.6 Å². The van der Waals surface area contributed by atoms with Gasteiger partial charge < -0.3 is 9.73 Å². The lowest BCUT2D eigenvalue weighted by Gasteiger charge is -2.20. The molecule has 0 aliphatic carbocycles. The molecule has 20 heavy (non-hydrogen) atoms. The Bertz CT molecular complexity index is 553. The molecule has 2 nitrogen and oxygen atoms in total. The molecular formula is C18H25NO. The summed E-state index contributed by atoms with van der Waals surface area (Å²) < 4.78 is 5.61. The van der Waals surface area contributed by atoms with Crippen molar-refractivity contribution >= 4 is 0 Å². The van der Waals surface area contributed by atoms with Crippen LogP contribution in [0.25, 0.3) is 0 Å². The van der Waals surface area contributed by atoms with Crippen molar-refractivity contribution in [3.63, 3.8) is 0 Å². The molecule has 0 saturated heterocycles. The molecule has 1 N–H and O–H groups in total. The summed E-state index contributed by atoms with van der Waals surface area (Å²) in [6, 6.07) is 11.6. The van der Waals surface area contributed by atoms with E-state index in [1.54, 1.807) is 0 Å². The van der Waals surface area contributed by atoms with Gasteiger partial charge in [-0.3, -0.25) is 0 Å². The van der Waals surface area contributed by atoms with Crippen molar-refractivity contribution in [3.8, 4) is 0 Å². The molecule has 2 unspecified atom stereocenters. The third kappa shape index (κ3) is 3.31. The molecule has 1 heterocycles. The molecule has 108 valence electrons. The summed E-state index contributed by atoms with van der Waals surface area (Å²) in [6.45, 7) is 10.6. The second-order valence-corrected chi connectivity index (χ2v) is 5.57. The fraction of sp³-hybridized carbons (Fsp3) is 0.444. The molecule has 2 heteroatoms.